The zero-order chi connectivity index (χ0) is 19.0. The molecule has 0 saturated heterocycles. The van der Waals surface area contributed by atoms with Gasteiger partial charge in [0.2, 0.25) is 10.0 Å². The van der Waals surface area contributed by atoms with Crippen molar-refractivity contribution in [3.63, 3.8) is 0 Å². The number of amides is 1. The maximum Gasteiger partial charge on any atom is 0.387 e. The molecule has 0 saturated carbocycles. The number of halogens is 2. The number of benzene rings is 2. The van der Waals surface area contributed by atoms with Gasteiger partial charge in [-0.3, -0.25) is 4.79 Å². The van der Waals surface area contributed by atoms with Crippen LogP contribution in [0, 0.1) is 0 Å². The highest BCUT2D eigenvalue weighted by atomic mass is 32.2. The molecule has 1 amide bonds. The van der Waals surface area contributed by atoms with Crippen LogP contribution >= 0.6 is 0 Å². The normalized spacial score (nSPS) is 11.7. The van der Waals surface area contributed by atoms with Crippen molar-refractivity contribution in [3.8, 4) is 5.75 Å². The van der Waals surface area contributed by atoms with Crippen LogP contribution in [0.5, 0.6) is 5.75 Å². The van der Waals surface area contributed by atoms with E-state index in [2.05, 4.69) is 20.0 Å². The molecule has 2 aromatic rings. The predicted molar refractivity (Wildman–Crippen MR) is 90.4 cm³/mol. The van der Waals surface area contributed by atoms with Crippen LogP contribution in [0.3, 0.4) is 0 Å². The third kappa shape index (κ3) is 5.90. The van der Waals surface area contributed by atoms with E-state index in [9.17, 15) is 22.0 Å². The van der Waals surface area contributed by atoms with E-state index in [1.807, 2.05) is 0 Å². The molecule has 2 rings (SSSR count). The van der Waals surface area contributed by atoms with Crippen molar-refractivity contribution in [2.75, 3.05) is 6.54 Å². The number of sulfonamides is 1. The number of nitrogens with zero attached hydrogens (tertiary/aromatic N) is 1. The van der Waals surface area contributed by atoms with Crippen molar-refractivity contribution in [1.82, 2.24) is 10.1 Å². The van der Waals surface area contributed by atoms with Gasteiger partial charge in [0.15, 0.2) is 0 Å². The molecule has 138 valence electrons. The lowest BCUT2D eigenvalue weighted by molar-refractivity contribution is -0.119. The molecule has 2 aromatic carbocycles. The van der Waals surface area contributed by atoms with Crippen molar-refractivity contribution in [1.29, 1.82) is 0 Å². The lowest BCUT2D eigenvalue weighted by Gasteiger charge is -2.07. The van der Waals surface area contributed by atoms with Crippen molar-refractivity contribution in [3.05, 3.63) is 60.2 Å². The Morgan fingerprint density at radius 2 is 1.77 bits per heavy atom. The summed E-state index contributed by atoms with van der Waals surface area (Å²) in [6.45, 7) is -3.53. The molecule has 0 heterocycles. The molecule has 26 heavy (non-hydrogen) atoms. The van der Waals surface area contributed by atoms with Gasteiger partial charge in [-0.2, -0.15) is 13.9 Å². The average Bonchev–Trinajstić information content (AvgIpc) is 2.62. The van der Waals surface area contributed by atoms with Crippen LogP contribution in [-0.4, -0.2) is 33.7 Å². The molecule has 2 N–H and O–H groups in total. The lowest BCUT2D eigenvalue weighted by Crippen LogP contribution is -2.34. The highest BCUT2D eigenvalue weighted by Gasteiger charge is 2.14. The van der Waals surface area contributed by atoms with E-state index in [0.29, 0.717) is 0 Å². The number of hydrogen-bond acceptors (Lipinski definition) is 5. The monoisotopic (exact) mass is 383 g/mol. The summed E-state index contributed by atoms with van der Waals surface area (Å²) in [6.07, 6.45) is 1.11. The number of ether oxygens (including phenoxy) is 1. The van der Waals surface area contributed by atoms with Gasteiger partial charge in [-0.25, -0.2) is 18.6 Å². The molecule has 10 heteroatoms. The highest BCUT2D eigenvalue weighted by molar-refractivity contribution is 7.89. The molecule has 7 nitrogen and oxygen atoms in total. The molecule has 0 aliphatic heterocycles. The van der Waals surface area contributed by atoms with E-state index in [4.69, 9.17) is 0 Å². The molecule has 0 spiro atoms. The smallest absolute Gasteiger partial charge is 0.387 e. The largest absolute Gasteiger partial charge is 0.434 e. The standard InChI is InChI=1S/C16H15F2N3O4S/c17-16(18)25-14-9-5-4-6-12(14)10-19-21-15(22)11-20-26(23,24)13-7-2-1-3-8-13/h1-10,16,20H,11H2,(H,21,22)/b19-10-. The second-order valence-electron chi connectivity index (χ2n) is 4.85. The van der Waals surface area contributed by atoms with Crippen LogP contribution in [0.4, 0.5) is 8.78 Å². The number of para-hydroxylation sites is 1. The molecule has 0 aliphatic rings. The molecule has 0 fully saturated rings. The SMILES string of the molecule is O=C(CNS(=O)(=O)c1ccccc1)N/N=C\c1ccccc1OC(F)F. The molecular weight excluding hydrogens is 368 g/mol. The second-order valence-corrected chi connectivity index (χ2v) is 6.61. The number of alkyl halides is 2. The maximum absolute atomic E-state index is 12.3. The Kier molecular flexibility index (Phi) is 6.75. The number of rotatable bonds is 8. The summed E-state index contributed by atoms with van der Waals surface area (Å²) in [5.41, 5.74) is 2.32. The quantitative estimate of drug-likeness (QED) is 0.536. The Labute approximate surface area is 148 Å². The minimum Gasteiger partial charge on any atom is -0.434 e. The molecular formula is C16H15F2N3O4S. The van der Waals surface area contributed by atoms with E-state index in [1.165, 1.54) is 30.3 Å². The first kappa shape index (κ1) is 19.5. The Bertz CT molecular complexity index is 874. The van der Waals surface area contributed by atoms with E-state index < -0.39 is 29.1 Å². The summed E-state index contributed by atoms with van der Waals surface area (Å²) in [6, 6.07) is 13.4. The summed E-state index contributed by atoms with van der Waals surface area (Å²) < 4.78 is 55.0. The molecule has 0 atom stereocenters. The van der Waals surface area contributed by atoms with Crippen LogP contribution in [-0.2, 0) is 14.8 Å². The Morgan fingerprint density at radius 1 is 1.12 bits per heavy atom. The lowest BCUT2D eigenvalue weighted by atomic mass is 10.2. The first-order chi connectivity index (χ1) is 12.4. The third-order valence-corrected chi connectivity index (χ3v) is 4.42. The van der Waals surface area contributed by atoms with Gasteiger partial charge in [-0.05, 0) is 24.3 Å². The number of hydrazone groups is 1. The van der Waals surface area contributed by atoms with Gasteiger partial charge in [-0.15, -0.1) is 0 Å². The maximum atomic E-state index is 12.3. The van der Waals surface area contributed by atoms with Crippen molar-refractivity contribution in [2.24, 2.45) is 5.10 Å². The molecule has 0 radical (unpaired) electrons. The van der Waals surface area contributed by atoms with Crippen LogP contribution in [0.25, 0.3) is 0 Å². The van der Waals surface area contributed by atoms with Crippen molar-refractivity contribution < 1.29 is 26.7 Å². The topological polar surface area (TPSA) is 96.9 Å². The van der Waals surface area contributed by atoms with E-state index >= 15 is 0 Å². The first-order valence-corrected chi connectivity index (χ1v) is 8.77. The van der Waals surface area contributed by atoms with Crippen LogP contribution in [0.1, 0.15) is 5.56 Å². The van der Waals surface area contributed by atoms with Crippen molar-refractivity contribution in [2.45, 2.75) is 11.5 Å². The van der Waals surface area contributed by atoms with Gasteiger partial charge in [-0.1, -0.05) is 30.3 Å². The zero-order valence-corrected chi connectivity index (χ0v) is 14.1. The van der Waals surface area contributed by atoms with Gasteiger partial charge in [0.25, 0.3) is 5.91 Å². The number of carbonyl (C=O) groups is 1. The van der Waals surface area contributed by atoms with Gasteiger partial charge < -0.3 is 4.74 Å². The fraction of sp³-hybridized carbons (Fsp3) is 0.125. The summed E-state index contributed by atoms with van der Waals surface area (Å²) in [4.78, 5) is 11.7. The predicted octanol–water partition coefficient (Wildman–Crippen LogP) is 1.72. The first-order valence-electron chi connectivity index (χ1n) is 7.29. The van der Waals surface area contributed by atoms with Gasteiger partial charge in [0.1, 0.15) is 5.75 Å². The summed E-state index contributed by atoms with van der Waals surface area (Å²) in [5.74, 6) is -0.835. The minimum absolute atomic E-state index is 0.0226. The molecule has 0 unspecified atom stereocenters. The van der Waals surface area contributed by atoms with Crippen LogP contribution in [0.2, 0.25) is 0 Å². The second kappa shape index (κ2) is 9.02. The average molecular weight is 383 g/mol. The van der Waals surface area contributed by atoms with E-state index in [1.54, 1.807) is 24.3 Å². The van der Waals surface area contributed by atoms with E-state index in [-0.39, 0.29) is 16.2 Å². The fourth-order valence-electron chi connectivity index (χ4n) is 1.85. The molecule has 0 aromatic heterocycles. The third-order valence-electron chi connectivity index (χ3n) is 3.00. The summed E-state index contributed by atoms with van der Waals surface area (Å²) >= 11 is 0. The Morgan fingerprint density at radius 3 is 2.46 bits per heavy atom. The van der Waals surface area contributed by atoms with Gasteiger partial charge in [0.05, 0.1) is 17.7 Å². The zero-order valence-electron chi connectivity index (χ0n) is 13.3. The van der Waals surface area contributed by atoms with Crippen LogP contribution < -0.4 is 14.9 Å². The summed E-state index contributed by atoms with van der Waals surface area (Å²) in [7, 11) is -3.82. The fourth-order valence-corrected chi connectivity index (χ4v) is 2.85. The summed E-state index contributed by atoms with van der Waals surface area (Å²) in [5, 5.41) is 3.60. The number of nitrogens with one attached hydrogen (secondary N) is 2. The Hall–Kier alpha value is -2.85. The van der Waals surface area contributed by atoms with Crippen molar-refractivity contribution >= 4 is 22.1 Å². The number of carbonyl (C=O) groups excluding carboxylic acids is 1. The molecule has 0 bridgehead atoms. The molecule has 0 aliphatic carbocycles. The van der Waals surface area contributed by atoms with Crippen LogP contribution in [0.15, 0.2) is 64.6 Å². The van der Waals surface area contributed by atoms with Gasteiger partial charge in [0, 0.05) is 5.56 Å². The van der Waals surface area contributed by atoms with E-state index in [0.717, 1.165) is 6.21 Å². The highest BCUT2D eigenvalue weighted by Crippen LogP contribution is 2.18. The number of hydrogen-bond donors (Lipinski definition) is 2. The Balaban J connectivity index is 1.90. The minimum atomic E-state index is -3.82. The van der Waals surface area contributed by atoms with Gasteiger partial charge >= 0.3 is 6.61 Å².